The lowest BCUT2D eigenvalue weighted by molar-refractivity contribution is -0.138. The minimum absolute atomic E-state index is 0.280. The summed E-state index contributed by atoms with van der Waals surface area (Å²) in [6.07, 6.45) is 1.28. The molecule has 1 unspecified atom stereocenters. The van der Waals surface area contributed by atoms with Crippen molar-refractivity contribution in [3.8, 4) is 6.07 Å². The lowest BCUT2D eigenvalue weighted by Crippen LogP contribution is -2.38. The van der Waals surface area contributed by atoms with E-state index in [4.69, 9.17) is 10.4 Å². The van der Waals surface area contributed by atoms with Crippen LogP contribution in [0.4, 0.5) is 0 Å². The molecule has 0 spiro atoms. The number of nitriles is 1. The van der Waals surface area contributed by atoms with Gasteiger partial charge in [0.15, 0.2) is 5.69 Å². The van der Waals surface area contributed by atoms with Gasteiger partial charge in [0, 0.05) is 6.20 Å². The van der Waals surface area contributed by atoms with Crippen LogP contribution in [0.2, 0.25) is 0 Å². The van der Waals surface area contributed by atoms with Crippen LogP contribution in [0.1, 0.15) is 12.6 Å². The topological polar surface area (TPSA) is 120 Å². The molecule has 0 bridgehead atoms. The maximum atomic E-state index is 11.8. The van der Waals surface area contributed by atoms with E-state index in [0.29, 0.717) is 0 Å². The van der Waals surface area contributed by atoms with Gasteiger partial charge in [0.1, 0.15) is 17.0 Å². The molecular weight excluding hydrogens is 246 g/mol. The fraction of sp³-hybridized carbons (Fsp3) is 0.222. The predicted octanol–water partition coefficient (Wildman–Crippen LogP) is -0.295. The van der Waals surface area contributed by atoms with Crippen LogP contribution in [-0.4, -0.2) is 30.5 Å². The van der Waals surface area contributed by atoms with Gasteiger partial charge in [-0.3, -0.25) is 4.79 Å². The van der Waals surface area contributed by atoms with E-state index >= 15 is 0 Å². The average Bonchev–Trinajstić information content (AvgIpc) is 2.28. The van der Waals surface area contributed by atoms with Crippen molar-refractivity contribution in [3.63, 3.8) is 0 Å². The van der Waals surface area contributed by atoms with Crippen LogP contribution in [0.15, 0.2) is 23.2 Å². The highest BCUT2D eigenvalue weighted by Crippen LogP contribution is 2.12. The molecule has 0 aliphatic heterocycles. The van der Waals surface area contributed by atoms with Gasteiger partial charge in [-0.2, -0.15) is 9.98 Å². The zero-order valence-electron chi connectivity index (χ0n) is 8.78. The number of carboxylic acid groups (broad SMARTS) is 1. The Morgan fingerprint density at radius 3 is 2.82 bits per heavy atom. The predicted molar refractivity (Wildman–Crippen MR) is 56.4 cm³/mol. The van der Waals surface area contributed by atoms with E-state index in [0.717, 1.165) is 0 Å². The molecule has 90 valence electrons. The quantitative estimate of drug-likeness (QED) is 0.762. The lowest BCUT2D eigenvalue weighted by Gasteiger charge is -2.10. The Morgan fingerprint density at radius 1 is 1.65 bits per heavy atom. The second-order valence-corrected chi connectivity index (χ2v) is 4.83. The molecule has 0 saturated carbocycles. The van der Waals surface area contributed by atoms with E-state index in [2.05, 4.69) is 4.98 Å². The minimum Gasteiger partial charge on any atom is -0.480 e. The zero-order valence-corrected chi connectivity index (χ0v) is 9.60. The Bertz CT molecular complexity index is 576. The molecule has 1 aromatic rings. The van der Waals surface area contributed by atoms with Crippen molar-refractivity contribution in [1.82, 2.24) is 9.71 Å². The molecule has 1 rings (SSSR count). The van der Waals surface area contributed by atoms with E-state index in [1.54, 1.807) is 6.07 Å². The summed E-state index contributed by atoms with van der Waals surface area (Å²) in [4.78, 5) is 13.8. The van der Waals surface area contributed by atoms with Crippen molar-refractivity contribution in [3.05, 3.63) is 24.0 Å². The minimum atomic E-state index is -4.06. The van der Waals surface area contributed by atoms with Gasteiger partial charge < -0.3 is 5.11 Å². The Labute approximate surface area is 97.8 Å². The monoisotopic (exact) mass is 255 g/mol. The molecule has 1 aromatic heterocycles. The highest BCUT2D eigenvalue weighted by Gasteiger charge is 2.24. The molecule has 7 nitrogen and oxygen atoms in total. The van der Waals surface area contributed by atoms with Crippen molar-refractivity contribution in [2.45, 2.75) is 17.9 Å². The van der Waals surface area contributed by atoms with Crippen LogP contribution in [0, 0.1) is 11.3 Å². The van der Waals surface area contributed by atoms with Crippen molar-refractivity contribution < 1.29 is 18.3 Å². The van der Waals surface area contributed by atoms with Crippen LogP contribution in [0.5, 0.6) is 0 Å². The number of hydrogen-bond acceptors (Lipinski definition) is 5. The molecule has 1 atom stereocenters. The van der Waals surface area contributed by atoms with Gasteiger partial charge in [-0.15, -0.1) is 0 Å². The number of aliphatic carboxylic acids is 1. The smallest absolute Gasteiger partial charge is 0.321 e. The molecular formula is C9H9N3O4S. The third-order valence-corrected chi connectivity index (χ3v) is 3.44. The number of rotatable bonds is 4. The first-order valence-corrected chi connectivity index (χ1v) is 5.97. The first-order valence-electron chi connectivity index (χ1n) is 4.48. The van der Waals surface area contributed by atoms with Crippen LogP contribution in [0.3, 0.4) is 0 Å². The molecule has 0 amide bonds. The van der Waals surface area contributed by atoms with Gasteiger partial charge >= 0.3 is 5.97 Å². The third-order valence-electron chi connectivity index (χ3n) is 1.87. The Kier molecular flexibility index (Phi) is 3.77. The van der Waals surface area contributed by atoms with E-state index in [1.165, 1.54) is 25.3 Å². The zero-order chi connectivity index (χ0) is 13.1. The van der Waals surface area contributed by atoms with E-state index in [1.807, 2.05) is 4.72 Å². The summed E-state index contributed by atoms with van der Waals surface area (Å²) in [5, 5.41) is 17.3. The number of pyridine rings is 1. The summed E-state index contributed by atoms with van der Waals surface area (Å²) in [6.45, 7) is 1.18. The maximum Gasteiger partial charge on any atom is 0.321 e. The SMILES string of the molecule is CC(NS(=O)(=O)c1cccnc1C#N)C(=O)O. The third kappa shape index (κ3) is 2.99. The van der Waals surface area contributed by atoms with Crippen LogP contribution < -0.4 is 4.72 Å². The van der Waals surface area contributed by atoms with E-state index in [9.17, 15) is 13.2 Å². The number of nitrogens with zero attached hydrogens (tertiary/aromatic N) is 2. The van der Waals surface area contributed by atoms with Crippen LogP contribution in [-0.2, 0) is 14.8 Å². The van der Waals surface area contributed by atoms with Crippen molar-refractivity contribution in [1.29, 1.82) is 5.26 Å². The fourth-order valence-corrected chi connectivity index (χ4v) is 2.34. The molecule has 17 heavy (non-hydrogen) atoms. The van der Waals surface area contributed by atoms with Crippen molar-refractivity contribution in [2.75, 3.05) is 0 Å². The summed E-state index contributed by atoms with van der Waals surface area (Å²) < 4.78 is 25.5. The summed E-state index contributed by atoms with van der Waals surface area (Å²) >= 11 is 0. The lowest BCUT2D eigenvalue weighted by atomic mass is 10.4. The van der Waals surface area contributed by atoms with Gasteiger partial charge in [-0.1, -0.05) is 0 Å². The second-order valence-electron chi connectivity index (χ2n) is 3.14. The van der Waals surface area contributed by atoms with Gasteiger partial charge in [-0.05, 0) is 19.1 Å². The normalized spacial score (nSPS) is 12.7. The number of nitrogens with one attached hydrogen (secondary N) is 1. The van der Waals surface area contributed by atoms with Gasteiger partial charge in [0.05, 0.1) is 0 Å². The first kappa shape index (κ1) is 13.1. The first-order chi connectivity index (χ1) is 7.88. The van der Waals surface area contributed by atoms with E-state index in [-0.39, 0.29) is 10.6 Å². The standard InChI is InChI=1S/C9H9N3O4S/c1-6(9(13)14)12-17(15,16)8-3-2-4-11-7(8)5-10/h2-4,6,12H,1H3,(H,13,14). The number of hydrogen-bond donors (Lipinski definition) is 2. The van der Waals surface area contributed by atoms with Crippen LogP contribution in [0.25, 0.3) is 0 Å². The summed E-state index contributed by atoms with van der Waals surface area (Å²) in [5.41, 5.74) is -0.280. The molecule has 8 heteroatoms. The van der Waals surface area contributed by atoms with Gasteiger partial charge in [0.2, 0.25) is 10.0 Å². The Morgan fingerprint density at radius 2 is 2.29 bits per heavy atom. The Balaban J connectivity index is 3.15. The number of carboxylic acids is 1. The number of aromatic nitrogens is 1. The van der Waals surface area contributed by atoms with Crippen molar-refractivity contribution >= 4 is 16.0 Å². The fourth-order valence-electron chi connectivity index (χ4n) is 1.04. The Hall–Kier alpha value is -1.98. The molecule has 0 radical (unpaired) electrons. The molecule has 0 aliphatic carbocycles. The molecule has 2 N–H and O–H groups in total. The van der Waals surface area contributed by atoms with Crippen LogP contribution >= 0.6 is 0 Å². The molecule has 0 saturated heterocycles. The summed E-state index contributed by atoms with van der Waals surface area (Å²) in [7, 11) is -4.06. The average molecular weight is 255 g/mol. The van der Waals surface area contributed by atoms with Gasteiger partial charge in [-0.25, -0.2) is 13.4 Å². The maximum absolute atomic E-state index is 11.8. The molecule has 1 heterocycles. The highest BCUT2D eigenvalue weighted by molar-refractivity contribution is 7.89. The van der Waals surface area contributed by atoms with E-state index < -0.39 is 22.0 Å². The molecule has 0 aliphatic rings. The summed E-state index contributed by atoms with van der Waals surface area (Å²) in [5.74, 6) is -1.31. The largest absolute Gasteiger partial charge is 0.480 e. The number of carbonyl (C=O) groups is 1. The van der Waals surface area contributed by atoms with Crippen molar-refractivity contribution in [2.24, 2.45) is 0 Å². The highest BCUT2D eigenvalue weighted by atomic mass is 32.2. The summed E-state index contributed by atoms with van der Waals surface area (Å²) in [6, 6.07) is 2.87. The second kappa shape index (κ2) is 4.90. The molecule has 0 aromatic carbocycles. The molecule has 0 fully saturated rings. The van der Waals surface area contributed by atoms with Gasteiger partial charge in [0.25, 0.3) is 0 Å². The number of sulfonamides is 1.